The number of halogens is 3. The fraction of sp³-hybridized carbons (Fsp3) is 0.875. The molecule has 1 saturated carbocycles. The maximum atomic E-state index is 12.1. The van der Waals surface area contributed by atoms with Crippen molar-refractivity contribution in [3.8, 4) is 0 Å². The Morgan fingerprint density at radius 2 is 1.93 bits per heavy atom. The highest BCUT2D eigenvalue weighted by Gasteiger charge is 2.50. The van der Waals surface area contributed by atoms with E-state index in [1.165, 1.54) is 14.2 Å². The van der Waals surface area contributed by atoms with Crippen molar-refractivity contribution in [3.63, 3.8) is 0 Å². The number of rotatable bonds is 2. The molecule has 0 unspecified atom stereocenters. The highest BCUT2D eigenvalue weighted by atomic mass is 19.4. The van der Waals surface area contributed by atoms with Gasteiger partial charge in [0.2, 0.25) is 5.91 Å². The summed E-state index contributed by atoms with van der Waals surface area (Å²) >= 11 is 0. The molecule has 1 fully saturated rings. The number of carbonyl (C=O) groups is 1. The second-order valence-electron chi connectivity index (χ2n) is 3.43. The van der Waals surface area contributed by atoms with Crippen LogP contribution in [0.2, 0.25) is 0 Å². The van der Waals surface area contributed by atoms with Crippen LogP contribution in [0.4, 0.5) is 13.2 Å². The fourth-order valence-corrected chi connectivity index (χ4v) is 1.43. The molecule has 0 bridgehead atoms. The Hall–Kier alpha value is -0.780. The third kappa shape index (κ3) is 2.17. The summed E-state index contributed by atoms with van der Waals surface area (Å²) in [6.45, 7) is 0. The topological polar surface area (TPSA) is 29.5 Å². The van der Waals surface area contributed by atoms with Crippen LogP contribution in [0, 0.1) is 11.8 Å². The molecule has 1 aliphatic rings. The van der Waals surface area contributed by atoms with Crippen molar-refractivity contribution in [2.75, 3.05) is 14.2 Å². The second-order valence-corrected chi connectivity index (χ2v) is 3.43. The molecule has 82 valence electrons. The Morgan fingerprint density at radius 3 is 2.29 bits per heavy atom. The van der Waals surface area contributed by atoms with Crippen LogP contribution in [0.1, 0.15) is 12.8 Å². The molecule has 0 aliphatic heterocycles. The summed E-state index contributed by atoms with van der Waals surface area (Å²) in [5, 5.41) is 0.970. The van der Waals surface area contributed by atoms with Gasteiger partial charge >= 0.3 is 6.18 Å². The van der Waals surface area contributed by atoms with Crippen LogP contribution in [0.15, 0.2) is 0 Å². The molecule has 0 atom stereocenters. The number of hydrogen-bond donors (Lipinski definition) is 0. The first-order chi connectivity index (χ1) is 6.36. The summed E-state index contributed by atoms with van der Waals surface area (Å²) in [7, 11) is 2.70. The van der Waals surface area contributed by atoms with E-state index in [0.717, 1.165) is 5.06 Å². The van der Waals surface area contributed by atoms with Gasteiger partial charge in [-0.15, -0.1) is 0 Å². The molecule has 1 amide bonds. The summed E-state index contributed by atoms with van der Waals surface area (Å²) in [5.41, 5.74) is 0. The van der Waals surface area contributed by atoms with E-state index in [1.807, 2.05) is 0 Å². The van der Waals surface area contributed by atoms with E-state index >= 15 is 0 Å². The highest BCUT2D eigenvalue weighted by Crippen LogP contribution is 2.45. The second kappa shape index (κ2) is 3.76. The van der Waals surface area contributed by atoms with E-state index in [1.54, 1.807) is 0 Å². The number of carbonyl (C=O) groups excluding carboxylic acids is 1. The molecule has 6 heteroatoms. The Bertz CT molecular complexity index is 223. The number of hydroxylamine groups is 2. The van der Waals surface area contributed by atoms with Crippen molar-refractivity contribution >= 4 is 5.91 Å². The Balaban J connectivity index is 2.38. The lowest BCUT2D eigenvalue weighted by atomic mass is 9.74. The molecule has 0 N–H and O–H groups in total. The number of hydrogen-bond acceptors (Lipinski definition) is 2. The van der Waals surface area contributed by atoms with Crippen molar-refractivity contribution in [1.29, 1.82) is 0 Å². The molecule has 0 spiro atoms. The minimum atomic E-state index is -4.16. The van der Waals surface area contributed by atoms with Gasteiger partial charge in [0.15, 0.2) is 0 Å². The lowest BCUT2D eigenvalue weighted by Crippen LogP contribution is -2.44. The van der Waals surface area contributed by atoms with Gasteiger partial charge in [0.1, 0.15) is 0 Å². The Morgan fingerprint density at radius 1 is 1.43 bits per heavy atom. The first kappa shape index (κ1) is 11.3. The Kier molecular flexibility index (Phi) is 3.04. The van der Waals surface area contributed by atoms with E-state index < -0.39 is 18.0 Å². The van der Waals surface area contributed by atoms with Gasteiger partial charge in [-0.25, -0.2) is 5.06 Å². The lowest BCUT2D eigenvalue weighted by molar-refractivity contribution is -0.214. The van der Waals surface area contributed by atoms with E-state index in [4.69, 9.17) is 0 Å². The van der Waals surface area contributed by atoms with Crippen LogP contribution in [0.3, 0.4) is 0 Å². The molecule has 0 aromatic carbocycles. The molecule has 3 nitrogen and oxygen atoms in total. The molecule has 0 aromatic rings. The predicted molar refractivity (Wildman–Crippen MR) is 42.0 cm³/mol. The number of amides is 1. The molecule has 0 radical (unpaired) electrons. The predicted octanol–water partition coefficient (Wildman–Crippen LogP) is 1.59. The summed E-state index contributed by atoms with van der Waals surface area (Å²) < 4.78 is 36.2. The zero-order valence-corrected chi connectivity index (χ0v) is 7.97. The lowest BCUT2D eigenvalue weighted by Gasteiger charge is -2.36. The zero-order valence-electron chi connectivity index (χ0n) is 7.97. The zero-order chi connectivity index (χ0) is 10.9. The van der Waals surface area contributed by atoms with E-state index in [2.05, 4.69) is 4.84 Å². The minimum Gasteiger partial charge on any atom is -0.275 e. The van der Waals surface area contributed by atoms with Gasteiger partial charge in [-0.2, -0.15) is 13.2 Å². The van der Waals surface area contributed by atoms with E-state index in [-0.39, 0.29) is 18.7 Å². The van der Waals surface area contributed by atoms with Crippen molar-refractivity contribution in [3.05, 3.63) is 0 Å². The van der Waals surface area contributed by atoms with Crippen LogP contribution in [0.25, 0.3) is 0 Å². The van der Waals surface area contributed by atoms with E-state index in [9.17, 15) is 18.0 Å². The maximum absolute atomic E-state index is 12.1. The third-order valence-electron chi connectivity index (χ3n) is 2.53. The highest BCUT2D eigenvalue weighted by molar-refractivity contribution is 5.78. The van der Waals surface area contributed by atoms with Crippen molar-refractivity contribution in [2.45, 2.75) is 19.0 Å². The van der Waals surface area contributed by atoms with Crippen LogP contribution < -0.4 is 0 Å². The molecular weight excluding hydrogens is 199 g/mol. The number of nitrogens with zero attached hydrogens (tertiary/aromatic N) is 1. The fourth-order valence-electron chi connectivity index (χ4n) is 1.43. The molecule has 0 saturated heterocycles. The van der Waals surface area contributed by atoms with Gasteiger partial charge in [-0.3, -0.25) is 9.63 Å². The van der Waals surface area contributed by atoms with Crippen molar-refractivity contribution < 1.29 is 22.8 Å². The summed E-state index contributed by atoms with van der Waals surface area (Å²) in [6, 6.07) is 0. The molecule has 0 heterocycles. The average Bonchev–Trinajstić information content (AvgIpc) is 1.97. The SMILES string of the molecule is CON(C)C(=O)[C@H]1C[C@H](C(F)(F)F)C1. The largest absolute Gasteiger partial charge is 0.391 e. The minimum absolute atomic E-state index is 0.115. The van der Waals surface area contributed by atoms with Gasteiger partial charge in [0.05, 0.1) is 13.0 Å². The standard InChI is InChI=1S/C8H12F3NO2/c1-12(14-2)7(13)5-3-6(4-5)8(9,10)11/h5-6H,3-4H2,1-2H3/t5-,6-. The Labute approximate surface area is 79.8 Å². The average molecular weight is 211 g/mol. The first-order valence-corrected chi connectivity index (χ1v) is 4.24. The molecule has 1 rings (SSSR count). The monoisotopic (exact) mass is 211 g/mol. The normalized spacial score (nSPS) is 26.9. The smallest absolute Gasteiger partial charge is 0.275 e. The molecule has 0 aromatic heterocycles. The van der Waals surface area contributed by atoms with Crippen LogP contribution >= 0.6 is 0 Å². The van der Waals surface area contributed by atoms with Crippen LogP contribution in [0.5, 0.6) is 0 Å². The van der Waals surface area contributed by atoms with Crippen molar-refractivity contribution in [2.24, 2.45) is 11.8 Å². The van der Waals surface area contributed by atoms with Crippen molar-refractivity contribution in [1.82, 2.24) is 5.06 Å². The van der Waals surface area contributed by atoms with E-state index in [0.29, 0.717) is 0 Å². The molecule has 1 aliphatic carbocycles. The van der Waals surface area contributed by atoms with Gasteiger partial charge in [0, 0.05) is 13.0 Å². The molecular formula is C8H12F3NO2. The van der Waals surface area contributed by atoms with Gasteiger partial charge in [-0.1, -0.05) is 0 Å². The molecule has 14 heavy (non-hydrogen) atoms. The maximum Gasteiger partial charge on any atom is 0.391 e. The first-order valence-electron chi connectivity index (χ1n) is 4.24. The van der Waals surface area contributed by atoms with Gasteiger partial charge in [0.25, 0.3) is 0 Å². The number of alkyl halides is 3. The van der Waals surface area contributed by atoms with Gasteiger partial charge in [-0.05, 0) is 12.8 Å². The summed E-state index contributed by atoms with van der Waals surface area (Å²) in [5.74, 6) is -2.23. The third-order valence-corrected chi connectivity index (χ3v) is 2.53. The van der Waals surface area contributed by atoms with Crippen LogP contribution in [-0.2, 0) is 9.63 Å². The quantitative estimate of drug-likeness (QED) is 0.649. The van der Waals surface area contributed by atoms with Crippen LogP contribution in [-0.4, -0.2) is 31.3 Å². The van der Waals surface area contributed by atoms with Gasteiger partial charge < -0.3 is 0 Å². The summed E-state index contributed by atoms with van der Waals surface area (Å²) in [4.78, 5) is 15.9. The summed E-state index contributed by atoms with van der Waals surface area (Å²) in [6.07, 6.45) is -4.39.